The lowest BCUT2D eigenvalue weighted by molar-refractivity contribution is 0.471. The molecule has 0 saturated heterocycles. The summed E-state index contributed by atoms with van der Waals surface area (Å²) in [5.74, 6) is 0.915. The molecule has 0 aromatic carbocycles. The second kappa shape index (κ2) is 4.29. The summed E-state index contributed by atoms with van der Waals surface area (Å²) in [4.78, 5) is 1.19. The Balaban J connectivity index is 2.05. The van der Waals surface area contributed by atoms with Crippen molar-refractivity contribution in [2.45, 2.75) is 12.5 Å². The van der Waals surface area contributed by atoms with E-state index in [2.05, 4.69) is 15.9 Å². The van der Waals surface area contributed by atoms with Crippen molar-refractivity contribution in [1.29, 1.82) is 0 Å². The van der Waals surface area contributed by atoms with E-state index in [-0.39, 0.29) is 6.04 Å². The maximum atomic E-state index is 6.02. The highest BCUT2D eigenvalue weighted by Crippen LogP contribution is 2.22. The number of hydrogen-bond donors (Lipinski definition) is 1. The van der Waals surface area contributed by atoms with Gasteiger partial charge >= 0.3 is 0 Å². The van der Waals surface area contributed by atoms with E-state index in [1.807, 2.05) is 29.6 Å². The van der Waals surface area contributed by atoms with Crippen molar-refractivity contribution in [3.8, 4) is 0 Å². The Labute approximate surface area is 94.9 Å². The minimum absolute atomic E-state index is 0.0352. The smallest absolute Gasteiger partial charge is 0.169 e. The molecule has 0 bridgehead atoms. The molecule has 0 radical (unpaired) electrons. The molecule has 2 nitrogen and oxygen atoms in total. The van der Waals surface area contributed by atoms with Crippen LogP contribution in [0.5, 0.6) is 0 Å². The van der Waals surface area contributed by atoms with Crippen LogP contribution >= 0.6 is 27.3 Å². The lowest BCUT2D eigenvalue weighted by atomic mass is 10.1. The molecule has 2 aromatic rings. The van der Waals surface area contributed by atoms with Crippen LogP contribution in [-0.4, -0.2) is 0 Å². The number of furan rings is 1. The van der Waals surface area contributed by atoms with Gasteiger partial charge in [-0.25, -0.2) is 0 Å². The maximum absolute atomic E-state index is 6.02. The first-order valence-corrected chi connectivity index (χ1v) is 5.96. The number of nitrogens with two attached hydrogens (primary N) is 1. The zero-order valence-corrected chi connectivity index (χ0v) is 9.85. The van der Waals surface area contributed by atoms with E-state index in [0.29, 0.717) is 0 Å². The molecule has 0 saturated carbocycles. The molecular weight excluding hydrogens is 262 g/mol. The van der Waals surface area contributed by atoms with Gasteiger partial charge in [0.05, 0.1) is 0 Å². The predicted molar refractivity (Wildman–Crippen MR) is 61.4 cm³/mol. The molecular formula is C10H10BrNOS. The van der Waals surface area contributed by atoms with Gasteiger partial charge in [-0.3, -0.25) is 0 Å². The van der Waals surface area contributed by atoms with Crippen LogP contribution in [0.2, 0.25) is 0 Å². The second-order valence-electron chi connectivity index (χ2n) is 3.03. The van der Waals surface area contributed by atoms with Gasteiger partial charge in [-0.2, -0.15) is 0 Å². The average Bonchev–Trinajstić information content (AvgIpc) is 2.75. The van der Waals surface area contributed by atoms with E-state index in [1.54, 1.807) is 11.3 Å². The lowest BCUT2D eigenvalue weighted by Crippen LogP contribution is -2.11. The molecule has 0 aliphatic heterocycles. The van der Waals surface area contributed by atoms with Crippen LogP contribution in [0.4, 0.5) is 0 Å². The van der Waals surface area contributed by atoms with E-state index in [9.17, 15) is 0 Å². The van der Waals surface area contributed by atoms with Crippen LogP contribution in [0, 0.1) is 0 Å². The van der Waals surface area contributed by atoms with Crippen molar-refractivity contribution in [2.75, 3.05) is 0 Å². The summed E-state index contributed by atoms with van der Waals surface area (Å²) in [6.45, 7) is 0. The molecule has 2 N–H and O–H groups in total. The molecule has 1 unspecified atom stereocenters. The van der Waals surface area contributed by atoms with Gasteiger partial charge in [0.25, 0.3) is 0 Å². The van der Waals surface area contributed by atoms with Gasteiger partial charge in [0.15, 0.2) is 4.67 Å². The fourth-order valence-electron chi connectivity index (χ4n) is 1.28. The number of hydrogen-bond acceptors (Lipinski definition) is 3. The molecule has 0 aliphatic carbocycles. The van der Waals surface area contributed by atoms with E-state index in [0.717, 1.165) is 16.9 Å². The molecule has 1 atom stereocenters. The Morgan fingerprint density at radius 3 is 2.86 bits per heavy atom. The fourth-order valence-corrected chi connectivity index (χ4v) is 2.35. The highest BCUT2D eigenvalue weighted by atomic mass is 79.9. The first kappa shape index (κ1) is 9.96. The molecule has 2 aromatic heterocycles. The second-order valence-corrected chi connectivity index (χ2v) is 4.79. The van der Waals surface area contributed by atoms with Crippen molar-refractivity contribution in [2.24, 2.45) is 5.73 Å². The van der Waals surface area contributed by atoms with Crippen molar-refractivity contribution < 1.29 is 4.42 Å². The summed E-state index contributed by atoms with van der Waals surface area (Å²) in [5.41, 5.74) is 6.02. The van der Waals surface area contributed by atoms with Crippen molar-refractivity contribution >= 4 is 27.3 Å². The molecule has 4 heteroatoms. The molecule has 2 heterocycles. The van der Waals surface area contributed by atoms with Gasteiger partial charge in [0.2, 0.25) is 0 Å². The fraction of sp³-hybridized carbons (Fsp3) is 0.200. The first-order valence-electron chi connectivity index (χ1n) is 4.29. The molecule has 14 heavy (non-hydrogen) atoms. The highest BCUT2D eigenvalue weighted by Gasteiger charge is 2.10. The quantitative estimate of drug-likeness (QED) is 0.930. The summed E-state index contributed by atoms with van der Waals surface area (Å²) in [6, 6.07) is 7.92. The van der Waals surface area contributed by atoms with Crippen molar-refractivity contribution in [3.63, 3.8) is 0 Å². The Bertz CT molecular complexity index is 396. The van der Waals surface area contributed by atoms with Gasteiger partial charge in [-0.05, 0) is 39.5 Å². The van der Waals surface area contributed by atoms with Gasteiger partial charge < -0.3 is 10.2 Å². The third kappa shape index (κ3) is 2.26. The molecule has 0 amide bonds. The van der Waals surface area contributed by atoms with E-state index in [4.69, 9.17) is 10.2 Å². The average molecular weight is 272 g/mol. The van der Waals surface area contributed by atoms with Crippen LogP contribution in [0.1, 0.15) is 16.7 Å². The number of rotatable bonds is 3. The van der Waals surface area contributed by atoms with Crippen LogP contribution in [-0.2, 0) is 6.42 Å². The summed E-state index contributed by atoms with van der Waals surface area (Å²) in [5, 5.41) is 2.03. The molecule has 74 valence electrons. The zero-order valence-electron chi connectivity index (χ0n) is 7.44. The van der Waals surface area contributed by atoms with E-state index >= 15 is 0 Å². The summed E-state index contributed by atoms with van der Waals surface area (Å²) in [7, 11) is 0. The first-order chi connectivity index (χ1) is 6.75. The highest BCUT2D eigenvalue weighted by molar-refractivity contribution is 9.10. The summed E-state index contributed by atoms with van der Waals surface area (Å²) >= 11 is 4.94. The predicted octanol–water partition coefficient (Wildman–Crippen LogP) is 3.35. The van der Waals surface area contributed by atoms with Crippen molar-refractivity contribution in [1.82, 2.24) is 0 Å². The largest absolute Gasteiger partial charge is 0.454 e. The normalized spacial score (nSPS) is 13.0. The Hall–Kier alpha value is -0.580. The maximum Gasteiger partial charge on any atom is 0.169 e. The molecule has 0 aliphatic rings. The molecule has 0 fully saturated rings. The van der Waals surface area contributed by atoms with Crippen LogP contribution in [0.3, 0.4) is 0 Å². The molecule has 2 rings (SSSR count). The minimum Gasteiger partial charge on any atom is -0.454 e. The van der Waals surface area contributed by atoms with Gasteiger partial charge in [-0.1, -0.05) is 6.07 Å². The van der Waals surface area contributed by atoms with Crippen molar-refractivity contribution in [3.05, 3.63) is 45.0 Å². The Morgan fingerprint density at radius 2 is 2.29 bits per heavy atom. The minimum atomic E-state index is 0.0352. The third-order valence-corrected chi connectivity index (χ3v) is 3.39. The third-order valence-electron chi connectivity index (χ3n) is 1.96. The zero-order chi connectivity index (χ0) is 9.97. The standard InChI is InChI=1S/C10H10BrNOS/c11-10-4-3-7(13-10)6-8(12)9-2-1-5-14-9/h1-5,8H,6,12H2. The van der Waals surface area contributed by atoms with Crippen LogP contribution < -0.4 is 5.73 Å². The van der Waals surface area contributed by atoms with E-state index < -0.39 is 0 Å². The van der Waals surface area contributed by atoms with Crippen LogP contribution in [0.25, 0.3) is 0 Å². The van der Waals surface area contributed by atoms with Gasteiger partial charge in [-0.15, -0.1) is 11.3 Å². The number of halogens is 1. The Morgan fingerprint density at radius 1 is 1.43 bits per heavy atom. The summed E-state index contributed by atoms with van der Waals surface area (Å²) in [6.07, 6.45) is 0.742. The lowest BCUT2D eigenvalue weighted by Gasteiger charge is -2.06. The van der Waals surface area contributed by atoms with Gasteiger partial charge in [0, 0.05) is 17.3 Å². The van der Waals surface area contributed by atoms with Crippen LogP contribution in [0.15, 0.2) is 38.7 Å². The SMILES string of the molecule is NC(Cc1ccc(Br)o1)c1cccs1. The topological polar surface area (TPSA) is 39.2 Å². The Kier molecular flexibility index (Phi) is 3.05. The summed E-state index contributed by atoms with van der Waals surface area (Å²) < 4.78 is 6.15. The van der Waals surface area contributed by atoms with E-state index in [1.165, 1.54) is 4.88 Å². The molecule has 0 spiro atoms. The monoisotopic (exact) mass is 271 g/mol. The van der Waals surface area contributed by atoms with Gasteiger partial charge in [0.1, 0.15) is 5.76 Å². The number of thiophene rings is 1.